The van der Waals surface area contributed by atoms with Crippen LogP contribution in [0.15, 0.2) is 121 Å². The van der Waals surface area contributed by atoms with Gasteiger partial charge in [0.2, 0.25) is 11.8 Å². The van der Waals surface area contributed by atoms with Gasteiger partial charge in [-0.15, -0.1) is 11.8 Å². The molecule has 0 unspecified atom stereocenters. The van der Waals surface area contributed by atoms with Crippen LogP contribution >= 0.6 is 11.8 Å². The van der Waals surface area contributed by atoms with Gasteiger partial charge in [0.15, 0.2) is 0 Å². The highest BCUT2D eigenvalue weighted by Crippen LogP contribution is 2.48. The molecule has 5 rings (SSSR count). The van der Waals surface area contributed by atoms with Crippen LogP contribution in [0, 0.1) is 0 Å². The van der Waals surface area contributed by atoms with Crippen molar-refractivity contribution in [1.82, 2.24) is 10.6 Å². The van der Waals surface area contributed by atoms with E-state index < -0.39 is 16.8 Å². The number of rotatable bonds is 8. The Morgan fingerprint density at radius 2 is 0.944 bits per heavy atom. The van der Waals surface area contributed by atoms with Crippen LogP contribution in [0.2, 0.25) is 0 Å². The third kappa shape index (κ3) is 4.93. The molecule has 1 saturated heterocycles. The summed E-state index contributed by atoms with van der Waals surface area (Å²) in [6, 6.07) is 39.6. The largest absolute Gasteiger partial charge is 0.342 e. The molecule has 1 aliphatic heterocycles. The molecule has 4 aromatic rings. The monoisotopic (exact) mass is 492 g/mol. The molecule has 4 nitrogen and oxygen atoms in total. The molecular formula is C31H28N2O2S. The van der Waals surface area contributed by atoms with Gasteiger partial charge >= 0.3 is 0 Å². The van der Waals surface area contributed by atoms with E-state index in [1.807, 2.05) is 84.9 Å². The molecule has 5 heteroatoms. The summed E-state index contributed by atoms with van der Waals surface area (Å²) in [7, 11) is 0. The highest BCUT2D eigenvalue weighted by atomic mass is 32.2. The maximum absolute atomic E-state index is 13.1. The summed E-state index contributed by atoms with van der Waals surface area (Å²) in [5.74, 6) is 0.133. The molecule has 1 heterocycles. The van der Waals surface area contributed by atoms with Crippen LogP contribution in [0.4, 0.5) is 0 Å². The van der Waals surface area contributed by atoms with Crippen molar-refractivity contribution in [2.45, 2.75) is 23.3 Å². The second-order valence-electron chi connectivity index (χ2n) is 8.90. The lowest BCUT2D eigenvalue weighted by atomic mass is 9.84. The lowest BCUT2D eigenvalue weighted by molar-refractivity contribution is -0.136. The van der Waals surface area contributed by atoms with Crippen molar-refractivity contribution in [3.05, 3.63) is 144 Å². The van der Waals surface area contributed by atoms with Crippen molar-refractivity contribution in [2.75, 3.05) is 5.75 Å². The third-order valence-electron chi connectivity index (χ3n) is 6.56. The third-order valence-corrected chi connectivity index (χ3v) is 8.20. The summed E-state index contributed by atoms with van der Waals surface area (Å²) in [6.07, 6.45) is 0.472. The van der Waals surface area contributed by atoms with Crippen LogP contribution in [0.3, 0.4) is 0 Å². The molecular weight excluding hydrogens is 464 g/mol. The van der Waals surface area contributed by atoms with Gasteiger partial charge in [0.1, 0.15) is 12.1 Å². The first-order valence-electron chi connectivity index (χ1n) is 12.1. The van der Waals surface area contributed by atoms with Gasteiger partial charge in [0.25, 0.3) is 0 Å². The van der Waals surface area contributed by atoms with Crippen molar-refractivity contribution in [1.29, 1.82) is 0 Å². The first kappa shape index (κ1) is 23.9. The molecule has 1 aliphatic rings. The highest BCUT2D eigenvalue weighted by molar-refractivity contribution is 8.00. The van der Waals surface area contributed by atoms with Crippen LogP contribution in [0.1, 0.15) is 22.3 Å². The molecule has 180 valence electrons. The van der Waals surface area contributed by atoms with Gasteiger partial charge in [-0.2, -0.15) is 0 Å². The lowest BCUT2D eigenvalue weighted by Gasteiger charge is -2.37. The fraction of sp³-hybridized carbons (Fsp3) is 0.161. The summed E-state index contributed by atoms with van der Waals surface area (Å²) < 4.78 is -0.546. The predicted octanol–water partition coefficient (Wildman–Crippen LogP) is 4.94. The van der Waals surface area contributed by atoms with Gasteiger partial charge < -0.3 is 10.6 Å². The van der Waals surface area contributed by atoms with Gasteiger partial charge in [0, 0.05) is 12.2 Å². The number of thioether (sulfide) groups is 1. The summed E-state index contributed by atoms with van der Waals surface area (Å²) in [5.41, 5.74) is 4.38. The Morgan fingerprint density at radius 3 is 1.42 bits per heavy atom. The topological polar surface area (TPSA) is 58.2 Å². The number of nitrogens with one attached hydrogen (secondary N) is 2. The number of benzene rings is 4. The van der Waals surface area contributed by atoms with Gasteiger partial charge in [-0.05, 0) is 22.3 Å². The molecule has 36 heavy (non-hydrogen) atoms. The molecule has 2 amide bonds. The lowest BCUT2D eigenvalue weighted by Crippen LogP contribution is -2.63. The Balaban J connectivity index is 1.43. The van der Waals surface area contributed by atoms with Gasteiger partial charge in [-0.25, -0.2) is 0 Å². The Bertz CT molecular complexity index is 1200. The first-order valence-corrected chi connectivity index (χ1v) is 13.1. The van der Waals surface area contributed by atoms with Crippen LogP contribution in [0.25, 0.3) is 0 Å². The van der Waals surface area contributed by atoms with E-state index in [1.165, 1.54) is 0 Å². The standard InChI is InChI=1S/C31H28N2O2S/c34-29-27(21-23-13-5-1-6-14-23)32-30(35)28(33-29)22-36-31(24-15-7-2-8-16-24,25-17-9-3-10-18-25)26-19-11-4-12-20-26/h1-20,27-28H,21-22H2,(H,32,35)(H,33,34)/t27-,28+/m1/s1. The van der Waals surface area contributed by atoms with Crippen molar-refractivity contribution in [3.63, 3.8) is 0 Å². The van der Waals surface area contributed by atoms with E-state index in [0.717, 1.165) is 22.3 Å². The van der Waals surface area contributed by atoms with E-state index in [2.05, 4.69) is 47.0 Å². The molecule has 2 N–H and O–H groups in total. The zero-order valence-electron chi connectivity index (χ0n) is 19.8. The van der Waals surface area contributed by atoms with E-state index >= 15 is 0 Å². The highest BCUT2D eigenvalue weighted by Gasteiger charge is 2.40. The minimum Gasteiger partial charge on any atom is -0.342 e. The molecule has 0 aromatic heterocycles. The number of amides is 2. The Morgan fingerprint density at radius 1 is 0.556 bits per heavy atom. The molecule has 0 spiro atoms. The second kappa shape index (κ2) is 10.8. The van der Waals surface area contributed by atoms with Crippen molar-refractivity contribution >= 4 is 23.6 Å². The van der Waals surface area contributed by atoms with Crippen LogP contribution in [0.5, 0.6) is 0 Å². The molecule has 4 aromatic carbocycles. The van der Waals surface area contributed by atoms with Crippen molar-refractivity contribution in [2.24, 2.45) is 0 Å². The molecule has 0 bridgehead atoms. The average Bonchev–Trinajstić information content (AvgIpc) is 2.94. The van der Waals surface area contributed by atoms with E-state index in [0.29, 0.717) is 12.2 Å². The number of piperazine rings is 1. The Hall–Kier alpha value is -3.83. The van der Waals surface area contributed by atoms with E-state index in [9.17, 15) is 9.59 Å². The van der Waals surface area contributed by atoms with Gasteiger partial charge in [-0.3, -0.25) is 9.59 Å². The van der Waals surface area contributed by atoms with Gasteiger partial charge in [0.05, 0.1) is 4.75 Å². The average molecular weight is 493 g/mol. The Kier molecular flexibility index (Phi) is 7.19. The maximum Gasteiger partial charge on any atom is 0.244 e. The number of carbonyl (C=O) groups is 2. The Labute approximate surface area is 216 Å². The predicted molar refractivity (Wildman–Crippen MR) is 146 cm³/mol. The smallest absolute Gasteiger partial charge is 0.244 e. The molecule has 0 aliphatic carbocycles. The van der Waals surface area contributed by atoms with Crippen LogP contribution < -0.4 is 10.6 Å². The molecule has 1 fully saturated rings. The first-order chi connectivity index (χ1) is 17.7. The maximum atomic E-state index is 13.1. The van der Waals surface area contributed by atoms with E-state index in [-0.39, 0.29) is 11.8 Å². The summed E-state index contributed by atoms with van der Waals surface area (Å²) >= 11 is 1.67. The summed E-state index contributed by atoms with van der Waals surface area (Å²) in [5, 5.41) is 5.95. The SMILES string of the molecule is O=C1N[C@H](Cc2ccccc2)C(=O)N[C@H]1CSC(c1ccccc1)(c1ccccc1)c1ccccc1. The minimum absolute atomic E-state index is 0.145. The molecule has 2 atom stereocenters. The number of carbonyl (C=O) groups excluding carboxylic acids is 2. The van der Waals surface area contributed by atoms with Crippen LogP contribution in [-0.2, 0) is 20.8 Å². The van der Waals surface area contributed by atoms with Crippen molar-refractivity contribution in [3.8, 4) is 0 Å². The normalized spacial score (nSPS) is 17.8. The second-order valence-corrected chi connectivity index (χ2v) is 10.1. The summed E-state index contributed by atoms with van der Waals surface area (Å²) in [4.78, 5) is 26.1. The van der Waals surface area contributed by atoms with Crippen LogP contribution in [-0.4, -0.2) is 29.7 Å². The number of hydrogen-bond acceptors (Lipinski definition) is 3. The number of hydrogen-bond donors (Lipinski definition) is 2. The summed E-state index contributed by atoms with van der Waals surface area (Å²) in [6.45, 7) is 0. The quantitative estimate of drug-likeness (QED) is 0.343. The van der Waals surface area contributed by atoms with Crippen molar-refractivity contribution < 1.29 is 9.59 Å². The zero-order valence-corrected chi connectivity index (χ0v) is 20.7. The fourth-order valence-electron chi connectivity index (χ4n) is 4.76. The van der Waals surface area contributed by atoms with E-state index in [4.69, 9.17) is 0 Å². The zero-order chi connectivity index (χ0) is 24.8. The van der Waals surface area contributed by atoms with Gasteiger partial charge in [-0.1, -0.05) is 121 Å². The molecule has 0 radical (unpaired) electrons. The minimum atomic E-state index is -0.620. The fourth-order valence-corrected chi connectivity index (χ4v) is 6.32. The molecule has 0 saturated carbocycles. The van der Waals surface area contributed by atoms with E-state index in [1.54, 1.807) is 11.8 Å².